The molecule has 0 bridgehead atoms. The Morgan fingerprint density at radius 1 is 1.14 bits per heavy atom. The van der Waals surface area contributed by atoms with E-state index in [0.29, 0.717) is 37.5 Å². The van der Waals surface area contributed by atoms with Crippen LogP contribution < -0.4 is 5.32 Å². The Hall–Kier alpha value is -3.77. The number of nitrogens with zero attached hydrogens (tertiary/aromatic N) is 6. The largest absolute Gasteiger partial charge is 0.401 e. The highest BCUT2D eigenvalue weighted by molar-refractivity contribution is 6.06. The summed E-state index contributed by atoms with van der Waals surface area (Å²) in [6, 6.07) is 5.58. The third-order valence-corrected chi connectivity index (χ3v) is 8.34. The third-order valence-electron chi connectivity index (χ3n) is 8.34. The first kappa shape index (κ1) is 29.7. The first-order valence-corrected chi connectivity index (χ1v) is 14.0. The molecule has 2 aliphatic rings. The van der Waals surface area contributed by atoms with E-state index >= 15 is 0 Å². The Morgan fingerprint density at radius 2 is 1.86 bits per heavy atom. The first-order chi connectivity index (χ1) is 19.8. The second kappa shape index (κ2) is 11.5. The number of aromatic nitrogens is 3. The normalized spacial score (nSPS) is 19.6. The van der Waals surface area contributed by atoms with Gasteiger partial charge in [-0.05, 0) is 57.5 Å². The molecule has 3 aromatic heterocycles. The lowest BCUT2D eigenvalue weighted by atomic mass is 9.95. The van der Waals surface area contributed by atoms with Crippen LogP contribution >= 0.6 is 0 Å². The average molecular weight is 584 g/mol. The van der Waals surface area contributed by atoms with E-state index in [2.05, 4.69) is 24.7 Å². The van der Waals surface area contributed by atoms with Gasteiger partial charge in [0.25, 0.3) is 11.8 Å². The second-order valence-electron chi connectivity index (χ2n) is 11.3. The van der Waals surface area contributed by atoms with Crippen molar-refractivity contribution < 1.29 is 22.8 Å². The first-order valence-electron chi connectivity index (χ1n) is 14.0. The molecular weight excluding hydrogens is 547 g/mol. The smallest absolute Gasteiger partial charge is 0.351 e. The van der Waals surface area contributed by atoms with Gasteiger partial charge in [-0.15, -0.1) is 0 Å². The van der Waals surface area contributed by atoms with E-state index in [0.717, 1.165) is 33.6 Å². The zero-order valence-electron chi connectivity index (χ0n) is 24.5. The van der Waals surface area contributed by atoms with Crippen molar-refractivity contribution in [2.45, 2.75) is 39.9 Å². The summed E-state index contributed by atoms with van der Waals surface area (Å²) in [5, 5.41) is 7.23. The number of alkyl halides is 3. The molecule has 5 heterocycles. The fraction of sp³-hybridized carbons (Fsp3) is 0.467. The summed E-state index contributed by atoms with van der Waals surface area (Å²) < 4.78 is 42.7. The molecule has 0 aliphatic carbocycles. The highest BCUT2D eigenvalue weighted by Gasteiger charge is 2.34. The molecule has 12 heteroatoms. The topological polar surface area (TPSA) is 87.2 Å². The number of amides is 2. The molecule has 2 aliphatic heterocycles. The summed E-state index contributed by atoms with van der Waals surface area (Å²) in [6.45, 7) is 8.34. The van der Waals surface area contributed by atoms with Crippen LogP contribution in [-0.4, -0.2) is 87.0 Å². The number of rotatable bonds is 7. The van der Waals surface area contributed by atoms with Crippen LogP contribution in [0, 0.1) is 12.8 Å². The minimum Gasteiger partial charge on any atom is -0.351 e. The van der Waals surface area contributed by atoms with E-state index in [-0.39, 0.29) is 24.4 Å². The molecule has 2 unspecified atom stereocenters. The van der Waals surface area contributed by atoms with Crippen LogP contribution in [0.1, 0.15) is 48.4 Å². The van der Waals surface area contributed by atoms with Crippen molar-refractivity contribution in [1.29, 1.82) is 0 Å². The summed E-state index contributed by atoms with van der Waals surface area (Å²) in [4.78, 5) is 33.8. The molecule has 9 nitrogen and oxygen atoms in total. The van der Waals surface area contributed by atoms with E-state index in [9.17, 15) is 22.8 Å². The van der Waals surface area contributed by atoms with Gasteiger partial charge in [-0.3, -0.25) is 24.1 Å². The van der Waals surface area contributed by atoms with Gasteiger partial charge in [0.2, 0.25) is 0 Å². The molecule has 3 aromatic rings. The molecular formula is C30H36F3N7O2. The SMILES string of the molecule is CC1=CC(C)=NC(=O)C1CNC(=O)c1cc2cc(-c3ccnn3C)cn2c(C(C)N2CCN(CC(F)(F)F)CC2)c1C. The molecule has 0 spiro atoms. The molecule has 0 aromatic carbocycles. The van der Waals surface area contributed by atoms with Crippen LogP contribution in [0.25, 0.3) is 16.8 Å². The van der Waals surface area contributed by atoms with E-state index in [1.165, 1.54) is 4.90 Å². The number of halogens is 3. The molecule has 0 radical (unpaired) electrons. The van der Waals surface area contributed by atoms with Gasteiger partial charge in [0.05, 0.1) is 18.2 Å². The van der Waals surface area contributed by atoms with Gasteiger partial charge in [-0.2, -0.15) is 18.3 Å². The number of carbonyl (C=O) groups is 2. The van der Waals surface area contributed by atoms with Crippen LogP contribution in [0.3, 0.4) is 0 Å². The van der Waals surface area contributed by atoms with E-state index in [1.807, 2.05) is 58.3 Å². The van der Waals surface area contributed by atoms with Gasteiger partial charge in [0, 0.05) is 86.3 Å². The second-order valence-corrected chi connectivity index (χ2v) is 11.3. The number of fused-ring (bicyclic) bond motifs is 1. The number of hydrogen-bond donors (Lipinski definition) is 1. The van der Waals surface area contributed by atoms with Crippen LogP contribution in [0.2, 0.25) is 0 Å². The molecule has 5 rings (SSSR count). The lowest BCUT2D eigenvalue weighted by molar-refractivity contribution is -0.149. The number of hydrogen-bond acceptors (Lipinski definition) is 5. The van der Waals surface area contributed by atoms with E-state index in [1.54, 1.807) is 17.8 Å². The maximum atomic E-state index is 13.6. The number of piperazine rings is 1. The van der Waals surface area contributed by atoms with Crippen molar-refractivity contribution in [2.24, 2.45) is 18.0 Å². The van der Waals surface area contributed by atoms with Gasteiger partial charge in [-0.25, -0.2) is 4.99 Å². The molecule has 42 heavy (non-hydrogen) atoms. The minimum atomic E-state index is -4.23. The molecule has 1 N–H and O–H groups in total. The number of aliphatic imine (C=N–C) groups is 1. The van der Waals surface area contributed by atoms with Crippen molar-refractivity contribution in [3.63, 3.8) is 0 Å². The van der Waals surface area contributed by atoms with Crippen molar-refractivity contribution >= 4 is 23.0 Å². The van der Waals surface area contributed by atoms with Gasteiger partial charge < -0.3 is 9.72 Å². The number of aryl methyl sites for hydroxylation is 1. The van der Waals surface area contributed by atoms with Crippen LogP contribution in [0.4, 0.5) is 13.2 Å². The molecule has 1 fully saturated rings. The highest BCUT2D eigenvalue weighted by Crippen LogP contribution is 2.32. The average Bonchev–Trinajstić information content (AvgIpc) is 3.52. The Bertz CT molecular complexity index is 1580. The fourth-order valence-electron chi connectivity index (χ4n) is 6.10. The monoisotopic (exact) mass is 583 g/mol. The number of dihydropyridines is 1. The number of carbonyl (C=O) groups excluding carboxylic acids is 2. The summed E-state index contributed by atoms with van der Waals surface area (Å²) >= 11 is 0. The zero-order valence-corrected chi connectivity index (χ0v) is 24.5. The quantitative estimate of drug-likeness (QED) is 0.451. The van der Waals surface area contributed by atoms with E-state index in [4.69, 9.17) is 0 Å². The summed E-state index contributed by atoms with van der Waals surface area (Å²) in [7, 11) is 1.86. The van der Waals surface area contributed by atoms with Gasteiger partial charge >= 0.3 is 6.18 Å². The van der Waals surface area contributed by atoms with Gasteiger partial charge in [-0.1, -0.05) is 5.57 Å². The highest BCUT2D eigenvalue weighted by atomic mass is 19.4. The lowest BCUT2D eigenvalue weighted by Crippen LogP contribution is -2.50. The Balaban J connectivity index is 1.47. The van der Waals surface area contributed by atoms with Crippen molar-refractivity contribution in [3.8, 4) is 11.3 Å². The number of pyridine rings is 1. The Kier molecular flexibility index (Phi) is 8.13. The van der Waals surface area contributed by atoms with Gasteiger partial charge in [0.15, 0.2) is 0 Å². The number of allylic oxidation sites excluding steroid dienone is 1. The summed E-state index contributed by atoms with van der Waals surface area (Å²) in [5.41, 5.74) is 6.30. The molecule has 0 saturated carbocycles. The Morgan fingerprint density at radius 3 is 2.48 bits per heavy atom. The molecule has 224 valence electrons. The standard InChI is InChI=1S/C30H36F3N7O2/c1-18-12-19(2)36-29(42)25(18)15-34-28(41)24-14-23-13-22(26-6-7-35-37(26)5)16-40(23)27(20(24)3)21(4)39-10-8-38(9-11-39)17-30(31,32)33/h6-7,12-14,16,21,25H,8-11,15,17H2,1-5H3,(H,34,41). The van der Waals surface area contributed by atoms with Crippen LogP contribution in [0.5, 0.6) is 0 Å². The predicted molar refractivity (Wildman–Crippen MR) is 155 cm³/mol. The van der Waals surface area contributed by atoms with Crippen LogP contribution in [0.15, 0.2) is 47.2 Å². The fourth-order valence-corrected chi connectivity index (χ4v) is 6.10. The maximum absolute atomic E-state index is 13.6. The molecule has 2 amide bonds. The predicted octanol–water partition coefficient (Wildman–Crippen LogP) is 4.18. The summed E-state index contributed by atoms with van der Waals surface area (Å²) in [6.07, 6.45) is 1.36. The van der Waals surface area contributed by atoms with E-state index < -0.39 is 18.6 Å². The van der Waals surface area contributed by atoms with Crippen molar-refractivity contribution in [3.05, 3.63) is 59.1 Å². The number of nitrogens with one attached hydrogen (secondary N) is 1. The van der Waals surface area contributed by atoms with Crippen molar-refractivity contribution in [2.75, 3.05) is 39.3 Å². The molecule has 1 saturated heterocycles. The third kappa shape index (κ3) is 6.05. The van der Waals surface area contributed by atoms with Gasteiger partial charge in [0.1, 0.15) is 0 Å². The zero-order chi connectivity index (χ0) is 30.3. The maximum Gasteiger partial charge on any atom is 0.401 e. The summed E-state index contributed by atoms with van der Waals surface area (Å²) in [5.74, 6) is -1.09. The Labute approximate surface area is 242 Å². The minimum absolute atomic E-state index is 0.134. The van der Waals surface area contributed by atoms with Crippen LogP contribution in [-0.2, 0) is 11.8 Å². The molecule has 2 atom stereocenters. The van der Waals surface area contributed by atoms with Crippen molar-refractivity contribution in [1.82, 2.24) is 29.3 Å². The lowest BCUT2D eigenvalue weighted by Gasteiger charge is -2.39.